The maximum atomic E-state index is 13.5. The third kappa shape index (κ3) is 4.06. The van der Waals surface area contributed by atoms with Gasteiger partial charge in [-0.1, -0.05) is 48.0 Å². The molecule has 1 aromatic heterocycles. The number of benzene rings is 2. The molecular formula is C25H26N6O. The minimum absolute atomic E-state index is 0.0292. The predicted molar refractivity (Wildman–Crippen MR) is 126 cm³/mol. The first-order chi connectivity index (χ1) is 15.7. The highest BCUT2D eigenvalue weighted by molar-refractivity contribution is 6.22. The van der Waals surface area contributed by atoms with Gasteiger partial charge < -0.3 is 9.80 Å². The average Bonchev–Trinajstić information content (AvgIpc) is 3.17. The molecule has 0 aliphatic carbocycles. The van der Waals surface area contributed by atoms with Crippen LogP contribution in [0.5, 0.6) is 0 Å². The molecule has 0 N–H and O–H groups in total. The lowest BCUT2D eigenvalue weighted by Gasteiger charge is -2.37. The molecule has 0 radical (unpaired) electrons. The van der Waals surface area contributed by atoms with Gasteiger partial charge in [-0.3, -0.25) is 4.79 Å². The Morgan fingerprint density at radius 3 is 2.19 bits per heavy atom. The molecule has 2 aliphatic rings. The van der Waals surface area contributed by atoms with E-state index in [0.29, 0.717) is 6.42 Å². The minimum atomic E-state index is -0.413. The maximum absolute atomic E-state index is 13.5. The van der Waals surface area contributed by atoms with Crippen molar-refractivity contribution in [2.45, 2.75) is 19.4 Å². The summed E-state index contributed by atoms with van der Waals surface area (Å²) in [6.07, 6.45) is 4.13. The summed E-state index contributed by atoms with van der Waals surface area (Å²) in [6.45, 7) is 5.12. The molecule has 2 aromatic carbocycles. The largest absolute Gasteiger partial charge is 0.339 e. The van der Waals surface area contributed by atoms with Crippen molar-refractivity contribution in [3.8, 4) is 0 Å². The van der Waals surface area contributed by atoms with Gasteiger partial charge >= 0.3 is 0 Å². The molecule has 0 bridgehead atoms. The Kier molecular flexibility index (Phi) is 5.54. The first-order valence-electron chi connectivity index (χ1n) is 11.0. The normalized spacial score (nSPS) is 18.8. The Hall–Kier alpha value is -3.74. The molecule has 0 spiro atoms. The van der Waals surface area contributed by atoms with Crippen molar-refractivity contribution in [3.05, 3.63) is 84.2 Å². The van der Waals surface area contributed by atoms with Crippen molar-refractivity contribution in [2.24, 2.45) is 4.99 Å². The Morgan fingerprint density at radius 2 is 1.50 bits per heavy atom. The van der Waals surface area contributed by atoms with Crippen LogP contribution in [0, 0.1) is 6.92 Å². The third-order valence-electron chi connectivity index (χ3n) is 5.94. The first-order valence-corrected chi connectivity index (χ1v) is 11.0. The van der Waals surface area contributed by atoms with Gasteiger partial charge in [0, 0.05) is 45.0 Å². The highest BCUT2D eigenvalue weighted by Crippen LogP contribution is 2.26. The molecule has 162 valence electrons. The summed E-state index contributed by atoms with van der Waals surface area (Å²) in [4.78, 5) is 33.3. The van der Waals surface area contributed by atoms with Gasteiger partial charge in [-0.05, 0) is 30.7 Å². The van der Waals surface area contributed by atoms with Crippen molar-refractivity contribution in [1.29, 1.82) is 0 Å². The number of nitrogens with zero attached hydrogens (tertiary/aromatic N) is 6. The third-order valence-corrected chi connectivity index (χ3v) is 5.94. The molecule has 2 aliphatic heterocycles. The summed E-state index contributed by atoms with van der Waals surface area (Å²) in [5, 5.41) is 0. The van der Waals surface area contributed by atoms with Gasteiger partial charge in [-0.25, -0.2) is 19.9 Å². The fraction of sp³-hybridized carbons (Fsp3) is 0.280. The highest BCUT2D eigenvalue weighted by atomic mass is 16.2. The number of hydrogen-bond acceptors (Lipinski definition) is 6. The Morgan fingerprint density at radius 1 is 0.844 bits per heavy atom. The van der Waals surface area contributed by atoms with E-state index in [4.69, 9.17) is 4.99 Å². The highest BCUT2D eigenvalue weighted by Gasteiger charge is 2.39. The van der Waals surface area contributed by atoms with Crippen LogP contribution < -0.4 is 9.80 Å². The van der Waals surface area contributed by atoms with E-state index < -0.39 is 6.04 Å². The van der Waals surface area contributed by atoms with E-state index in [2.05, 4.69) is 31.9 Å². The van der Waals surface area contributed by atoms with Gasteiger partial charge in [0.05, 0.1) is 5.69 Å². The molecule has 1 unspecified atom stereocenters. The number of aliphatic imine (C=N–C) groups is 1. The molecule has 1 amide bonds. The number of piperazine rings is 1. The Balaban J connectivity index is 1.39. The van der Waals surface area contributed by atoms with Crippen LogP contribution >= 0.6 is 0 Å². The van der Waals surface area contributed by atoms with Gasteiger partial charge in [0.1, 0.15) is 6.04 Å². The lowest BCUT2D eigenvalue weighted by atomic mass is 10.1. The van der Waals surface area contributed by atoms with Crippen LogP contribution in [0.3, 0.4) is 0 Å². The number of aryl methyl sites for hydroxylation is 1. The molecule has 32 heavy (non-hydrogen) atoms. The summed E-state index contributed by atoms with van der Waals surface area (Å²) < 4.78 is 0. The van der Waals surface area contributed by atoms with Crippen molar-refractivity contribution in [2.75, 3.05) is 36.0 Å². The van der Waals surface area contributed by atoms with Gasteiger partial charge in [0.25, 0.3) is 5.91 Å². The van der Waals surface area contributed by atoms with Gasteiger partial charge in [0.2, 0.25) is 11.9 Å². The lowest BCUT2D eigenvalue weighted by molar-refractivity contribution is -0.118. The van der Waals surface area contributed by atoms with Crippen molar-refractivity contribution in [1.82, 2.24) is 14.9 Å². The molecule has 1 fully saturated rings. The van der Waals surface area contributed by atoms with Crippen LogP contribution in [0.4, 0.5) is 11.6 Å². The molecular weight excluding hydrogens is 400 g/mol. The number of hydrogen-bond donors (Lipinski definition) is 0. The zero-order chi connectivity index (χ0) is 21.9. The molecule has 1 saturated heterocycles. The SMILES string of the molecule is Cc1ccc(N2C(=O)C(Cc3ccccc3)N=C2N2CCN(c3ncccn3)CC2)cc1. The summed E-state index contributed by atoms with van der Waals surface area (Å²) >= 11 is 0. The quantitative estimate of drug-likeness (QED) is 0.642. The molecule has 3 heterocycles. The van der Waals surface area contributed by atoms with Gasteiger partial charge in [-0.15, -0.1) is 0 Å². The number of amides is 1. The summed E-state index contributed by atoms with van der Waals surface area (Å²) in [7, 11) is 0. The smallest absolute Gasteiger partial charge is 0.259 e. The topological polar surface area (TPSA) is 64.9 Å². The number of rotatable bonds is 4. The van der Waals surface area contributed by atoms with Crippen molar-refractivity contribution >= 4 is 23.5 Å². The zero-order valence-electron chi connectivity index (χ0n) is 18.1. The number of aromatic nitrogens is 2. The van der Waals surface area contributed by atoms with Crippen LogP contribution in [-0.4, -0.2) is 59.0 Å². The fourth-order valence-corrected chi connectivity index (χ4v) is 4.19. The predicted octanol–water partition coefficient (Wildman–Crippen LogP) is 2.92. The molecule has 0 saturated carbocycles. The van der Waals surface area contributed by atoms with Crippen molar-refractivity contribution in [3.63, 3.8) is 0 Å². The summed E-state index contributed by atoms with van der Waals surface area (Å²) in [6, 6.07) is 19.6. The van der Waals surface area contributed by atoms with E-state index in [1.165, 1.54) is 0 Å². The van der Waals surface area contributed by atoms with Crippen LogP contribution in [0.15, 0.2) is 78.0 Å². The maximum Gasteiger partial charge on any atom is 0.259 e. The second-order valence-corrected chi connectivity index (χ2v) is 8.17. The van der Waals surface area contributed by atoms with E-state index >= 15 is 0 Å². The number of carbonyl (C=O) groups is 1. The van der Waals surface area contributed by atoms with Crippen LogP contribution in [0.1, 0.15) is 11.1 Å². The van der Waals surface area contributed by atoms with E-state index in [1.54, 1.807) is 17.3 Å². The van der Waals surface area contributed by atoms with Crippen LogP contribution in [-0.2, 0) is 11.2 Å². The van der Waals surface area contributed by atoms with Gasteiger partial charge in [0.15, 0.2) is 0 Å². The number of guanidine groups is 1. The van der Waals surface area contributed by atoms with Crippen LogP contribution in [0.2, 0.25) is 0 Å². The molecule has 5 rings (SSSR count). The van der Waals surface area contributed by atoms with E-state index in [9.17, 15) is 4.79 Å². The Bertz CT molecular complexity index is 1090. The van der Waals surface area contributed by atoms with E-state index in [0.717, 1.165) is 54.9 Å². The molecule has 7 heteroatoms. The lowest BCUT2D eigenvalue weighted by Crippen LogP contribution is -2.53. The zero-order valence-corrected chi connectivity index (χ0v) is 18.1. The number of anilines is 2. The molecule has 3 aromatic rings. The van der Waals surface area contributed by atoms with Crippen molar-refractivity contribution < 1.29 is 4.79 Å². The van der Waals surface area contributed by atoms with Gasteiger partial charge in [-0.2, -0.15) is 0 Å². The second-order valence-electron chi connectivity index (χ2n) is 8.17. The summed E-state index contributed by atoms with van der Waals surface area (Å²) in [5.41, 5.74) is 3.14. The van der Waals surface area contributed by atoms with E-state index in [1.807, 2.05) is 55.5 Å². The molecule has 7 nitrogen and oxygen atoms in total. The first kappa shape index (κ1) is 20.2. The van der Waals surface area contributed by atoms with E-state index in [-0.39, 0.29) is 5.91 Å². The average molecular weight is 427 g/mol. The number of carbonyl (C=O) groups excluding carboxylic acids is 1. The minimum Gasteiger partial charge on any atom is -0.339 e. The standard InChI is InChI=1S/C25H26N6O/c1-19-8-10-21(11-9-19)31-23(32)22(18-20-6-3-2-4-7-20)28-25(31)30-16-14-29(15-17-30)24-26-12-5-13-27-24/h2-13,22H,14-18H2,1H3. The fourth-order valence-electron chi connectivity index (χ4n) is 4.19. The second kappa shape index (κ2) is 8.78. The monoisotopic (exact) mass is 426 g/mol. The van der Waals surface area contributed by atoms with Crippen LogP contribution in [0.25, 0.3) is 0 Å². The summed E-state index contributed by atoms with van der Waals surface area (Å²) in [5.74, 6) is 1.52. The Labute approximate surface area is 188 Å². The molecule has 1 atom stereocenters.